The summed E-state index contributed by atoms with van der Waals surface area (Å²) < 4.78 is 11.4. The minimum Gasteiger partial charge on any atom is -0.616 e. The number of hydrogen-bond donors (Lipinski definition) is 0. The van der Waals surface area contributed by atoms with E-state index < -0.39 is 11.2 Å². The molecular weight excluding hydrogens is 204 g/mol. The molecule has 0 aliphatic carbocycles. The molecule has 1 nitrogen and oxygen atoms in total. The van der Waals surface area contributed by atoms with Gasteiger partial charge in [-0.05, 0) is 11.2 Å². The van der Waals surface area contributed by atoms with Gasteiger partial charge in [-0.2, -0.15) is 0 Å². The molecule has 0 saturated carbocycles. The van der Waals surface area contributed by atoms with Crippen LogP contribution in [-0.2, 0) is 16.9 Å². The largest absolute Gasteiger partial charge is 0.616 e. The standard InChI is InChI=1S/C10H13ClOS/c11-7-4-8-13(12)9-10-5-2-1-3-6-10/h1-3,5-6H,4,7-9H2. The molecule has 1 rings (SSSR count). The Morgan fingerprint density at radius 3 is 2.54 bits per heavy atom. The number of hydrogen-bond acceptors (Lipinski definition) is 1. The number of rotatable bonds is 5. The Morgan fingerprint density at radius 2 is 1.92 bits per heavy atom. The lowest BCUT2D eigenvalue weighted by Crippen LogP contribution is -2.09. The van der Waals surface area contributed by atoms with Crippen molar-refractivity contribution in [2.24, 2.45) is 0 Å². The van der Waals surface area contributed by atoms with Gasteiger partial charge in [-0.1, -0.05) is 30.3 Å². The van der Waals surface area contributed by atoms with Gasteiger partial charge < -0.3 is 4.55 Å². The van der Waals surface area contributed by atoms with Crippen molar-refractivity contribution in [1.82, 2.24) is 0 Å². The second-order valence-electron chi connectivity index (χ2n) is 2.82. The van der Waals surface area contributed by atoms with E-state index >= 15 is 0 Å². The highest BCUT2D eigenvalue weighted by Gasteiger charge is 2.05. The van der Waals surface area contributed by atoms with Gasteiger partial charge in [0.25, 0.3) is 0 Å². The maximum atomic E-state index is 11.4. The molecule has 0 N–H and O–H groups in total. The molecular formula is C10H13ClOS. The van der Waals surface area contributed by atoms with Gasteiger partial charge in [0.2, 0.25) is 0 Å². The van der Waals surface area contributed by atoms with Crippen molar-refractivity contribution >= 4 is 22.8 Å². The van der Waals surface area contributed by atoms with Crippen molar-refractivity contribution in [1.29, 1.82) is 0 Å². The van der Waals surface area contributed by atoms with E-state index in [9.17, 15) is 4.55 Å². The van der Waals surface area contributed by atoms with E-state index in [0.717, 1.165) is 12.0 Å². The molecule has 0 aliphatic rings. The molecule has 0 heterocycles. The Hall–Kier alpha value is -0.180. The van der Waals surface area contributed by atoms with Gasteiger partial charge >= 0.3 is 0 Å². The molecule has 0 spiro atoms. The first kappa shape index (κ1) is 10.9. The van der Waals surface area contributed by atoms with Crippen molar-refractivity contribution in [3.63, 3.8) is 0 Å². The van der Waals surface area contributed by atoms with E-state index in [2.05, 4.69) is 0 Å². The lowest BCUT2D eigenvalue weighted by Gasteiger charge is -2.09. The van der Waals surface area contributed by atoms with Crippen LogP contribution in [-0.4, -0.2) is 16.2 Å². The fraction of sp³-hybridized carbons (Fsp3) is 0.400. The van der Waals surface area contributed by atoms with Crippen molar-refractivity contribution < 1.29 is 4.55 Å². The summed E-state index contributed by atoms with van der Waals surface area (Å²) in [5, 5.41) is 0. The van der Waals surface area contributed by atoms with Gasteiger partial charge in [-0.15, -0.1) is 11.6 Å². The molecule has 1 aromatic rings. The maximum Gasteiger partial charge on any atom is 0.130 e. The third-order valence-electron chi connectivity index (χ3n) is 1.68. The molecule has 1 atom stereocenters. The molecule has 0 amide bonds. The molecule has 1 aromatic carbocycles. The first-order valence-corrected chi connectivity index (χ1v) is 6.30. The Kier molecular flexibility index (Phi) is 5.28. The van der Waals surface area contributed by atoms with Crippen LogP contribution >= 0.6 is 11.6 Å². The van der Waals surface area contributed by atoms with Gasteiger partial charge in [-0.3, -0.25) is 0 Å². The number of alkyl halides is 1. The first-order chi connectivity index (χ1) is 6.33. The molecule has 0 aromatic heterocycles. The zero-order chi connectivity index (χ0) is 9.52. The molecule has 1 unspecified atom stereocenters. The summed E-state index contributed by atoms with van der Waals surface area (Å²) in [7, 11) is 0. The SMILES string of the molecule is [O-][S+](CCCCl)Cc1ccccc1. The number of benzene rings is 1. The predicted molar refractivity (Wildman–Crippen MR) is 58.5 cm³/mol. The van der Waals surface area contributed by atoms with E-state index in [1.807, 2.05) is 30.3 Å². The van der Waals surface area contributed by atoms with Crippen LogP contribution in [0.5, 0.6) is 0 Å². The molecule has 0 aliphatic heterocycles. The lowest BCUT2D eigenvalue weighted by atomic mass is 10.2. The Bertz CT molecular complexity index is 228. The number of halogens is 1. The topological polar surface area (TPSA) is 23.1 Å². The fourth-order valence-electron chi connectivity index (χ4n) is 1.05. The fourth-order valence-corrected chi connectivity index (χ4v) is 2.51. The van der Waals surface area contributed by atoms with Crippen LogP contribution in [0.2, 0.25) is 0 Å². The van der Waals surface area contributed by atoms with Crippen molar-refractivity contribution in [3.05, 3.63) is 35.9 Å². The second-order valence-corrected chi connectivity index (χ2v) is 4.77. The molecule has 0 saturated heterocycles. The third kappa shape index (κ3) is 4.55. The van der Waals surface area contributed by atoms with Gasteiger partial charge in [0, 0.05) is 17.9 Å². The zero-order valence-corrected chi connectivity index (χ0v) is 8.98. The quantitative estimate of drug-likeness (QED) is 0.548. The maximum absolute atomic E-state index is 11.4. The summed E-state index contributed by atoms with van der Waals surface area (Å²) in [4.78, 5) is 0. The van der Waals surface area contributed by atoms with Crippen molar-refractivity contribution in [3.8, 4) is 0 Å². The smallest absolute Gasteiger partial charge is 0.130 e. The molecule has 0 bridgehead atoms. The summed E-state index contributed by atoms with van der Waals surface area (Å²) in [6, 6.07) is 9.89. The summed E-state index contributed by atoms with van der Waals surface area (Å²) in [6.45, 7) is 0. The minimum atomic E-state index is -0.755. The van der Waals surface area contributed by atoms with E-state index in [4.69, 9.17) is 11.6 Å². The van der Waals surface area contributed by atoms with Crippen LogP contribution in [0.1, 0.15) is 12.0 Å². The monoisotopic (exact) mass is 216 g/mol. The van der Waals surface area contributed by atoms with Gasteiger partial charge in [0.05, 0.1) is 0 Å². The summed E-state index contributed by atoms with van der Waals surface area (Å²) in [5.41, 5.74) is 1.13. The lowest BCUT2D eigenvalue weighted by molar-refractivity contribution is 0.593. The highest BCUT2D eigenvalue weighted by Crippen LogP contribution is 2.07. The summed E-state index contributed by atoms with van der Waals surface area (Å²) in [5.74, 6) is 1.96. The molecule has 72 valence electrons. The highest BCUT2D eigenvalue weighted by molar-refractivity contribution is 7.90. The summed E-state index contributed by atoms with van der Waals surface area (Å²) in [6.07, 6.45) is 0.834. The average Bonchev–Trinajstić information content (AvgIpc) is 2.16. The van der Waals surface area contributed by atoms with Crippen LogP contribution in [0.15, 0.2) is 30.3 Å². The van der Waals surface area contributed by atoms with E-state index in [-0.39, 0.29) is 0 Å². The predicted octanol–water partition coefficient (Wildman–Crippen LogP) is 2.56. The molecule has 0 radical (unpaired) electrons. The van der Waals surface area contributed by atoms with Gasteiger partial charge in [0.15, 0.2) is 0 Å². The zero-order valence-electron chi connectivity index (χ0n) is 7.41. The first-order valence-electron chi connectivity index (χ1n) is 4.28. The Labute approximate surface area is 87.3 Å². The van der Waals surface area contributed by atoms with Crippen LogP contribution in [0.4, 0.5) is 0 Å². The normalized spacial score (nSPS) is 12.8. The van der Waals surface area contributed by atoms with Crippen LogP contribution < -0.4 is 0 Å². The highest BCUT2D eigenvalue weighted by atomic mass is 35.5. The summed E-state index contributed by atoms with van der Waals surface area (Å²) >= 11 is 4.76. The van der Waals surface area contributed by atoms with Crippen LogP contribution in [0.25, 0.3) is 0 Å². The van der Waals surface area contributed by atoms with E-state index in [0.29, 0.717) is 17.4 Å². The van der Waals surface area contributed by atoms with Crippen molar-refractivity contribution in [2.75, 3.05) is 11.6 Å². The molecule has 13 heavy (non-hydrogen) atoms. The van der Waals surface area contributed by atoms with E-state index in [1.165, 1.54) is 0 Å². The average molecular weight is 217 g/mol. The Balaban J connectivity index is 2.32. The molecule has 3 heteroatoms. The van der Waals surface area contributed by atoms with Crippen LogP contribution in [0, 0.1) is 0 Å². The second kappa shape index (κ2) is 6.30. The minimum absolute atomic E-state index is 0.598. The molecule has 0 fully saturated rings. The van der Waals surface area contributed by atoms with E-state index in [1.54, 1.807) is 0 Å². The van der Waals surface area contributed by atoms with Gasteiger partial charge in [-0.25, -0.2) is 0 Å². The van der Waals surface area contributed by atoms with Crippen LogP contribution in [0.3, 0.4) is 0 Å². The third-order valence-corrected chi connectivity index (χ3v) is 3.34. The van der Waals surface area contributed by atoms with Gasteiger partial charge in [0.1, 0.15) is 11.5 Å². The van der Waals surface area contributed by atoms with Crippen molar-refractivity contribution in [2.45, 2.75) is 12.2 Å². The Morgan fingerprint density at radius 1 is 1.23 bits per heavy atom.